The van der Waals surface area contributed by atoms with Gasteiger partial charge in [0.05, 0.1) is 16.1 Å². The minimum absolute atomic E-state index is 0.345. The van der Waals surface area contributed by atoms with Crippen molar-refractivity contribution in [1.29, 1.82) is 0 Å². The Morgan fingerprint density at radius 1 is 1.36 bits per heavy atom. The van der Waals surface area contributed by atoms with Gasteiger partial charge in [0.25, 0.3) is 0 Å². The van der Waals surface area contributed by atoms with Crippen molar-refractivity contribution in [2.75, 3.05) is 13.1 Å². The molecular formula is C17H24N2O2S. The third kappa shape index (κ3) is 2.38. The number of fused-ring (bicyclic) bond motifs is 1. The quantitative estimate of drug-likeness (QED) is 0.922. The van der Waals surface area contributed by atoms with E-state index in [0.29, 0.717) is 18.4 Å². The molecule has 1 N–H and O–H groups in total. The standard InChI is InChI=1S/C17H24N2O2S/c20-16(21)17-7-3-6-13(17)8-19(11-17)9-14-10-22-15(18-14)12-4-1-2-5-12/h10,12-13H,1-9,11H2,(H,20,21)/t13-,17+/m0/s1. The highest BCUT2D eigenvalue weighted by atomic mass is 32.1. The van der Waals surface area contributed by atoms with Gasteiger partial charge >= 0.3 is 5.97 Å². The molecular weight excluding hydrogens is 296 g/mol. The van der Waals surface area contributed by atoms with E-state index >= 15 is 0 Å². The SMILES string of the molecule is O=C(O)[C@@]12CCC[C@H]1CN(Cc1csc(C3CCCC3)n1)C2. The lowest BCUT2D eigenvalue weighted by molar-refractivity contribution is -0.149. The Morgan fingerprint density at radius 2 is 2.18 bits per heavy atom. The summed E-state index contributed by atoms with van der Waals surface area (Å²) in [5.41, 5.74) is 0.678. The zero-order valence-corrected chi connectivity index (χ0v) is 13.8. The second-order valence-corrected chi connectivity index (χ2v) is 8.27. The van der Waals surface area contributed by atoms with Crippen molar-refractivity contribution < 1.29 is 9.90 Å². The van der Waals surface area contributed by atoms with Gasteiger partial charge in [0.1, 0.15) is 0 Å². The number of thiazole rings is 1. The maximum absolute atomic E-state index is 11.7. The third-order valence-corrected chi connectivity index (χ3v) is 7.08. The van der Waals surface area contributed by atoms with Crippen LogP contribution in [-0.4, -0.2) is 34.0 Å². The molecule has 3 aliphatic rings. The van der Waals surface area contributed by atoms with Crippen LogP contribution >= 0.6 is 11.3 Å². The Bertz CT molecular complexity index is 567. The lowest BCUT2D eigenvalue weighted by atomic mass is 9.81. The largest absolute Gasteiger partial charge is 0.481 e. The van der Waals surface area contributed by atoms with Gasteiger partial charge in [-0.3, -0.25) is 9.69 Å². The summed E-state index contributed by atoms with van der Waals surface area (Å²) in [5, 5.41) is 13.2. The minimum atomic E-state index is -0.581. The number of nitrogens with zero attached hydrogens (tertiary/aromatic N) is 2. The van der Waals surface area contributed by atoms with E-state index in [-0.39, 0.29) is 0 Å². The number of carboxylic acids is 1. The fourth-order valence-electron chi connectivity index (χ4n) is 4.85. The summed E-state index contributed by atoms with van der Waals surface area (Å²) in [5.74, 6) is 0.447. The molecule has 0 spiro atoms. The van der Waals surface area contributed by atoms with Crippen molar-refractivity contribution in [2.45, 2.75) is 57.4 Å². The smallest absolute Gasteiger partial charge is 0.311 e. The number of carbonyl (C=O) groups is 1. The van der Waals surface area contributed by atoms with E-state index < -0.39 is 11.4 Å². The van der Waals surface area contributed by atoms with E-state index in [1.807, 2.05) is 0 Å². The van der Waals surface area contributed by atoms with Crippen molar-refractivity contribution in [3.8, 4) is 0 Å². The van der Waals surface area contributed by atoms with Crippen LogP contribution in [0.5, 0.6) is 0 Å². The van der Waals surface area contributed by atoms with Gasteiger partial charge in [-0.15, -0.1) is 11.3 Å². The fraction of sp³-hybridized carbons (Fsp3) is 0.765. The van der Waals surface area contributed by atoms with E-state index in [4.69, 9.17) is 4.98 Å². The lowest BCUT2D eigenvalue weighted by Gasteiger charge is -2.23. The average molecular weight is 320 g/mol. The molecule has 5 heteroatoms. The third-order valence-electron chi connectivity index (χ3n) is 6.03. The van der Waals surface area contributed by atoms with Gasteiger partial charge in [0, 0.05) is 30.9 Å². The monoisotopic (exact) mass is 320 g/mol. The topological polar surface area (TPSA) is 53.4 Å². The van der Waals surface area contributed by atoms with Crippen LogP contribution < -0.4 is 0 Å². The van der Waals surface area contributed by atoms with E-state index in [9.17, 15) is 9.90 Å². The second-order valence-electron chi connectivity index (χ2n) is 7.38. The summed E-state index contributed by atoms with van der Waals surface area (Å²) in [4.78, 5) is 18.9. The molecule has 1 aliphatic heterocycles. The van der Waals surface area contributed by atoms with E-state index in [0.717, 1.165) is 38.0 Å². The van der Waals surface area contributed by atoms with Gasteiger partial charge in [-0.05, 0) is 31.6 Å². The molecule has 3 fully saturated rings. The van der Waals surface area contributed by atoms with Gasteiger partial charge in [0.2, 0.25) is 0 Å². The maximum Gasteiger partial charge on any atom is 0.311 e. The van der Waals surface area contributed by atoms with Gasteiger partial charge < -0.3 is 5.11 Å². The molecule has 2 saturated carbocycles. The summed E-state index contributed by atoms with van der Waals surface area (Å²) < 4.78 is 0. The molecule has 2 aliphatic carbocycles. The Labute approximate surface area is 135 Å². The molecule has 4 nitrogen and oxygen atoms in total. The molecule has 120 valence electrons. The molecule has 0 aromatic carbocycles. The highest BCUT2D eigenvalue weighted by Crippen LogP contribution is 2.49. The number of carboxylic acid groups (broad SMARTS) is 1. The first kappa shape index (κ1) is 14.6. The van der Waals surface area contributed by atoms with Crippen LogP contribution in [0.25, 0.3) is 0 Å². The van der Waals surface area contributed by atoms with Crippen molar-refractivity contribution >= 4 is 17.3 Å². The first-order valence-corrected chi connectivity index (χ1v) is 9.45. The summed E-state index contributed by atoms with van der Waals surface area (Å²) >= 11 is 1.80. The number of aliphatic carboxylic acids is 1. The number of hydrogen-bond acceptors (Lipinski definition) is 4. The molecule has 4 rings (SSSR count). The van der Waals surface area contributed by atoms with E-state index in [1.165, 1.54) is 30.7 Å². The van der Waals surface area contributed by atoms with Crippen LogP contribution in [0.15, 0.2) is 5.38 Å². The van der Waals surface area contributed by atoms with Gasteiger partial charge in [-0.25, -0.2) is 4.98 Å². The van der Waals surface area contributed by atoms with Gasteiger partial charge in [0.15, 0.2) is 0 Å². The first-order valence-electron chi connectivity index (χ1n) is 8.57. The Balaban J connectivity index is 1.43. The second kappa shape index (κ2) is 5.60. The first-order chi connectivity index (χ1) is 10.7. The van der Waals surface area contributed by atoms with Crippen LogP contribution in [0.3, 0.4) is 0 Å². The summed E-state index contributed by atoms with van der Waals surface area (Å²) in [6.07, 6.45) is 8.28. The maximum atomic E-state index is 11.7. The number of hydrogen-bond donors (Lipinski definition) is 1. The van der Waals surface area contributed by atoms with Crippen molar-refractivity contribution in [2.24, 2.45) is 11.3 Å². The van der Waals surface area contributed by atoms with Crippen LogP contribution in [0.4, 0.5) is 0 Å². The fourth-order valence-corrected chi connectivity index (χ4v) is 5.83. The molecule has 2 atom stereocenters. The Hall–Kier alpha value is -0.940. The molecule has 1 saturated heterocycles. The summed E-state index contributed by atoms with van der Waals surface area (Å²) in [6.45, 7) is 2.47. The molecule has 1 aromatic rings. The van der Waals surface area contributed by atoms with E-state index in [2.05, 4.69) is 10.3 Å². The zero-order chi connectivity index (χ0) is 15.2. The van der Waals surface area contributed by atoms with Crippen LogP contribution in [-0.2, 0) is 11.3 Å². The number of likely N-dealkylation sites (tertiary alicyclic amines) is 1. The van der Waals surface area contributed by atoms with Gasteiger partial charge in [-0.1, -0.05) is 19.3 Å². The highest BCUT2D eigenvalue weighted by Gasteiger charge is 2.54. The molecule has 0 amide bonds. The Morgan fingerprint density at radius 3 is 2.91 bits per heavy atom. The lowest BCUT2D eigenvalue weighted by Crippen LogP contribution is -2.35. The molecule has 2 heterocycles. The molecule has 1 aromatic heterocycles. The number of rotatable bonds is 4. The highest BCUT2D eigenvalue weighted by molar-refractivity contribution is 7.09. The van der Waals surface area contributed by atoms with Crippen molar-refractivity contribution in [1.82, 2.24) is 9.88 Å². The molecule has 0 unspecified atom stereocenters. The molecule has 0 radical (unpaired) electrons. The molecule has 0 bridgehead atoms. The predicted octanol–water partition coefficient (Wildman–Crippen LogP) is 3.49. The minimum Gasteiger partial charge on any atom is -0.481 e. The van der Waals surface area contributed by atoms with Crippen molar-refractivity contribution in [3.05, 3.63) is 16.1 Å². The Kier molecular flexibility index (Phi) is 3.73. The van der Waals surface area contributed by atoms with Gasteiger partial charge in [-0.2, -0.15) is 0 Å². The van der Waals surface area contributed by atoms with Crippen LogP contribution in [0, 0.1) is 11.3 Å². The van der Waals surface area contributed by atoms with Crippen LogP contribution in [0.2, 0.25) is 0 Å². The normalized spacial score (nSPS) is 32.6. The number of aromatic nitrogens is 1. The van der Waals surface area contributed by atoms with E-state index in [1.54, 1.807) is 11.3 Å². The summed E-state index contributed by atoms with van der Waals surface area (Å²) in [6, 6.07) is 0. The van der Waals surface area contributed by atoms with Crippen molar-refractivity contribution in [3.63, 3.8) is 0 Å². The molecule has 22 heavy (non-hydrogen) atoms. The zero-order valence-electron chi connectivity index (χ0n) is 13.0. The van der Waals surface area contributed by atoms with Crippen LogP contribution in [0.1, 0.15) is 61.6 Å². The summed E-state index contributed by atoms with van der Waals surface area (Å²) in [7, 11) is 0. The predicted molar refractivity (Wildman–Crippen MR) is 86.0 cm³/mol. The average Bonchev–Trinajstić information content (AvgIpc) is 3.22.